The first-order chi connectivity index (χ1) is 15.9. The highest BCUT2D eigenvalue weighted by molar-refractivity contribution is 5.70. The van der Waals surface area contributed by atoms with E-state index in [0.29, 0.717) is 5.92 Å². The zero-order valence-electron chi connectivity index (χ0n) is 20.4. The molecule has 0 aromatic heterocycles. The minimum Gasteiger partial charge on any atom is -0.445 e. The maximum absolute atomic E-state index is 13.0. The number of amides is 1. The first-order valence-corrected chi connectivity index (χ1v) is 12.8. The first kappa shape index (κ1) is 22.5. The summed E-state index contributed by atoms with van der Waals surface area (Å²) in [7, 11) is 0. The van der Waals surface area contributed by atoms with E-state index in [4.69, 9.17) is 4.74 Å². The number of piperidine rings is 3. The Labute approximate surface area is 198 Å². The van der Waals surface area contributed by atoms with Gasteiger partial charge in [0.15, 0.2) is 0 Å². The van der Waals surface area contributed by atoms with Gasteiger partial charge in [0.1, 0.15) is 6.10 Å². The monoisotopic (exact) mass is 446 g/mol. The molecule has 4 heteroatoms. The molecule has 0 unspecified atom stereocenters. The molecule has 1 amide bonds. The number of nitrogens with one attached hydrogen (secondary N) is 1. The van der Waals surface area contributed by atoms with Crippen molar-refractivity contribution in [3.63, 3.8) is 0 Å². The summed E-state index contributed by atoms with van der Waals surface area (Å²) in [5, 5.41) is 3.28. The zero-order chi connectivity index (χ0) is 23.0. The van der Waals surface area contributed by atoms with Crippen molar-refractivity contribution in [3.05, 3.63) is 59.2 Å². The summed E-state index contributed by atoms with van der Waals surface area (Å²) in [6.45, 7) is 9.94. The number of alkyl carbamates (subject to hydrolysis) is 1. The summed E-state index contributed by atoms with van der Waals surface area (Å²) in [6.07, 6.45) is 6.44. The van der Waals surface area contributed by atoms with Crippen LogP contribution in [0, 0.1) is 11.3 Å². The van der Waals surface area contributed by atoms with Gasteiger partial charge < -0.3 is 10.1 Å². The number of benzene rings is 2. The maximum Gasteiger partial charge on any atom is 0.407 e. The first-order valence-electron chi connectivity index (χ1n) is 12.8. The molecular formula is C29H38N2O2. The number of carbonyl (C=O) groups is 1. The third kappa shape index (κ3) is 4.68. The molecule has 2 aromatic rings. The lowest BCUT2D eigenvalue weighted by molar-refractivity contribution is -0.0353. The van der Waals surface area contributed by atoms with E-state index in [9.17, 15) is 4.79 Å². The van der Waals surface area contributed by atoms with Gasteiger partial charge in [-0.1, -0.05) is 69.7 Å². The number of hydrogen-bond acceptors (Lipinski definition) is 3. The van der Waals surface area contributed by atoms with Gasteiger partial charge in [0.25, 0.3) is 0 Å². The molecule has 1 aliphatic carbocycles. The Morgan fingerprint density at radius 3 is 2.64 bits per heavy atom. The van der Waals surface area contributed by atoms with Gasteiger partial charge in [-0.15, -0.1) is 0 Å². The van der Waals surface area contributed by atoms with Gasteiger partial charge in [-0.05, 0) is 84.3 Å². The molecule has 176 valence electrons. The molecule has 0 saturated carbocycles. The molecule has 3 heterocycles. The van der Waals surface area contributed by atoms with Crippen molar-refractivity contribution in [3.8, 4) is 11.1 Å². The second kappa shape index (κ2) is 9.13. The topological polar surface area (TPSA) is 41.6 Å². The normalized spacial score (nSPS) is 27.6. The molecule has 0 radical (unpaired) electrons. The minimum absolute atomic E-state index is 0.0103. The SMILES string of the molecule is CCCc1cccc(-c2ccc3c(c2)CCC(C)(C)[C@H]3NC(=O)O[C@@H]2CN3CCC2CC3)c1. The maximum atomic E-state index is 13.0. The fourth-order valence-corrected chi connectivity index (χ4v) is 6.11. The summed E-state index contributed by atoms with van der Waals surface area (Å²) in [4.78, 5) is 15.4. The molecule has 4 aliphatic rings. The third-order valence-electron chi connectivity index (χ3n) is 8.19. The van der Waals surface area contributed by atoms with Crippen LogP contribution in [0.15, 0.2) is 42.5 Å². The van der Waals surface area contributed by atoms with Crippen LogP contribution < -0.4 is 5.32 Å². The van der Waals surface area contributed by atoms with E-state index in [2.05, 4.69) is 73.5 Å². The Morgan fingerprint density at radius 2 is 1.91 bits per heavy atom. The fourth-order valence-electron chi connectivity index (χ4n) is 6.11. The summed E-state index contributed by atoms with van der Waals surface area (Å²) in [6, 6.07) is 15.7. The number of fused-ring (bicyclic) bond motifs is 4. The lowest BCUT2D eigenvalue weighted by atomic mass is 9.70. The van der Waals surface area contributed by atoms with Crippen LogP contribution in [-0.4, -0.2) is 36.7 Å². The number of nitrogens with zero attached hydrogens (tertiary/aromatic N) is 1. The Bertz CT molecular complexity index is 1010. The molecule has 3 aliphatic heterocycles. The molecule has 1 N–H and O–H groups in total. The van der Waals surface area contributed by atoms with Crippen LogP contribution in [0.3, 0.4) is 0 Å². The van der Waals surface area contributed by atoms with E-state index in [1.165, 1.54) is 27.8 Å². The highest BCUT2D eigenvalue weighted by atomic mass is 16.6. The van der Waals surface area contributed by atoms with E-state index in [1.807, 2.05) is 0 Å². The molecule has 2 bridgehead atoms. The van der Waals surface area contributed by atoms with Gasteiger partial charge in [0.05, 0.1) is 6.04 Å². The van der Waals surface area contributed by atoms with Gasteiger partial charge in [0, 0.05) is 6.54 Å². The Kier molecular flexibility index (Phi) is 6.22. The summed E-state index contributed by atoms with van der Waals surface area (Å²) in [5.41, 5.74) is 6.51. The molecule has 3 fully saturated rings. The molecule has 4 nitrogen and oxygen atoms in total. The highest BCUT2D eigenvalue weighted by Crippen LogP contribution is 2.44. The largest absolute Gasteiger partial charge is 0.445 e. The van der Waals surface area contributed by atoms with Crippen LogP contribution in [-0.2, 0) is 17.6 Å². The van der Waals surface area contributed by atoms with Crippen molar-refractivity contribution in [2.24, 2.45) is 11.3 Å². The van der Waals surface area contributed by atoms with Gasteiger partial charge in [-0.25, -0.2) is 4.79 Å². The minimum atomic E-state index is -0.254. The summed E-state index contributed by atoms with van der Waals surface area (Å²) in [5.74, 6) is 0.526. The summed E-state index contributed by atoms with van der Waals surface area (Å²) >= 11 is 0. The van der Waals surface area contributed by atoms with E-state index < -0.39 is 0 Å². The van der Waals surface area contributed by atoms with Crippen LogP contribution in [0.1, 0.15) is 69.2 Å². The van der Waals surface area contributed by atoms with Gasteiger partial charge in [0.2, 0.25) is 0 Å². The van der Waals surface area contributed by atoms with Crippen molar-refractivity contribution in [1.82, 2.24) is 10.2 Å². The smallest absolute Gasteiger partial charge is 0.407 e. The molecular weight excluding hydrogens is 408 g/mol. The average Bonchev–Trinajstić information content (AvgIpc) is 2.82. The van der Waals surface area contributed by atoms with Crippen LogP contribution in [0.2, 0.25) is 0 Å². The average molecular weight is 447 g/mol. The molecule has 2 atom stereocenters. The van der Waals surface area contributed by atoms with E-state index in [0.717, 1.165) is 58.2 Å². The zero-order valence-corrected chi connectivity index (χ0v) is 20.4. The van der Waals surface area contributed by atoms with Gasteiger partial charge in [-0.3, -0.25) is 4.90 Å². The molecule has 6 rings (SSSR count). The van der Waals surface area contributed by atoms with Crippen LogP contribution in [0.25, 0.3) is 11.1 Å². The van der Waals surface area contributed by atoms with Crippen molar-refractivity contribution in [2.45, 2.75) is 71.4 Å². The third-order valence-corrected chi connectivity index (χ3v) is 8.19. The second-order valence-corrected chi connectivity index (χ2v) is 11.0. The van der Waals surface area contributed by atoms with Crippen molar-refractivity contribution >= 4 is 6.09 Å². The molecule has 2 aromatic carbocycles. The van der Waals surface area contributed by atoms with Crippen LogP contribution in [0.4, 0.5) is 4.79 Å². The number of hydrogen-bond donors (Lipinski definition) is 1. The van der Waals surface area contributed by atoms with E-state index >= 15 is 0 Å². The lowest BCUT2D eigenvalue weighted by Gasteiger charge is -2.44. The standard InChI is InChI=1S/C29H38N2O2/c1-4-6-20-7-5-8-22(17-20)23-9-10-25-24(18-23)11-14-29(2,3)27(25)30-28(32)33-26-19-31-15-12-21(26)13-16-31/h5,7-10,17-18,21,26-27H,4,6,11-16,19H2,1-3H3,(H,30,32)/t26-,27+/m1/s1. The number of rotatable bonds is 5. The quantitative estimate of drug-likeness (QED) is 0.600. The van der Waals surface area contributed by atoms with Gasteiger partial charge in [-0.2, -0.15) is 0 Å². The molecule has 3 saturated heterocycles. The second-order valence-electron chi connectivity index (χ2n) is 11.0. The number of aryl methyl sites for hydroxylation is 2. The predicted octanol–water partition coefficient (Wildman–Crippen LogP) is 6.14. The Hall–Kier alpha value is -2.33. The van der Waals surface area contributed by atoms with Crippen molar-refractivity contribution in [2.75, 3.05) is 19.6 Å². The Morgan fingerprint density at radius 1 is 1.12 bits per heavy atom. The fraction of sp³-hybridized carbons (Fsp3) is 0.552. The van der Waals surface area contributed by atoms with Crippen LogP contribution in [0.5, 0.6) is 0 Å². The predicted molar refractivity (Wildman–Crippen MR) is 133 cm³/mol. The van der Waals surface area contributed by atoms with E-state index in [-0.39, 0.29) is 23.7 Å². The summed E-state index contributed by atoms with van der Waals surface area (Å²) < 4.78 is 5.97. The molecule has 33 heavy (non-hydrogen) atoms. The number of carbonyl (C=O) groups excluding carboxylic acids is 1. The highest BCUT2D eigenvalue weighted by Gasteiger charge is 2.40. The van der Waals surface area contributed by atoms with Crippen LogP contribution >= 0.6 is 0 Å². The van der Waals surface area contributed by atoms with Crippen molar-refractivity contribution in [1.29, 1.82) is 0 Å². The van der Waals surface area contributed by atoms with Crippen molar-refractivity contribution < 1.29 is 9.53 Å². The lowest BCUT2D eigenvalue weighted by Crippen LogP contribution is -2.53. The Balaban J connectivity index is 1.34. The molecule has 0 spiro atoms. The number of ether oxygens (including phenoxy) is 1. The van der Waals surface area contributed by atoms with E-state index in [1.54, 1.807) is 0 Å². The van der Waals surface area contributed by atoms with Gasteiger partial charge >= 0.3 is 6.09 Å².